The highest BCUT2D eigenvalue weighted by molar-refractivity contribution is 5.44. The Bertz CT molecular complexity index is 365. The van der Waals surface area contributed by atoms with Crippen molar-refractivity contribution >= 4 is 0 Å². The third-order valence-electron chi connectivity index (χ3n) is 3.37. The molecule has 3 heteroatoms. The van der Waals surface area contributed by atoms with Crippen LogP contribution in [0, 0.1) is 5.92 Å². The fourth-order valence-corrected chi connectivity index (χ4v) is 2.28. The maximum absolute atomic E-state index is 5.75. The normalized spacial score (nSPS) is 20.8. The summed E-state index contributed by atoms with van der Waals surface area (Å²) in [6, 6.07) is 6.05. The number of methoxy groups -OCH3 is 1. The fraction of sp³-hybridized carbons (Fsp3) is 0.538. The summed E-state index contributed by atoms with van der Waals surface area (Å²) in [7, 11) is 1.67. The molecule has 2 N–H and O–H groups in total. The standard InChI is InChI=1S/C13H19NO2/c1-9(8-14)11-5-6-16-13-7-10(15-2)3-4-12(11)13/h3-4,7,9,11H,5-6,8,14H2,1-2H3. The number of benzene rings is 1. The molecule has 1 aromatic carbocycles. The average Bonchev–Trinajstić information content (AvgIpc) is 2.36. The minimum atomic E-state index is 0.496. The van der Waals surface area contributed by atoms with Gasteiger partial charge in [0.25, 0.3) is 0 Å². The zero-order valence-corrected chi connectivity index (χ0v) is 9.90. The van der Waals surface area contributed by atoms with Crippen LogP contribution in [0.15, 0.2) is 18.2 Å². The van der Waals surface area contributed by atoms with Crippen LogP contribution in [-0.4, -0.2) is 20.3 Å². The lowest BCUT2D eigenvalue weighted by Gasteiger charge is -2.30. The lowest BCUT2D eigenvalue weighted by atomic mass is 9.83. The topological polar surface area (TPSA) is 44.5 Å². The maximum Gasteiger partial charge on any atom is 0.126 e. The first-order valence-electron chi connectivity index (χ1n) is 5.77. The Hall–Kier alpha value is -1.22. The zero-order chi connectivity index (χ0) is 11.5. The summed E-state index contributed by atoms with van der Waals surface area (Å²) >= 11 is 0. The molecule has 16 heavy (non-hydrogen) atoms. The molecule has 0 radical (unpaired) electrons. The van der Waals surface area contributed by atoms with E-state index in [4.69, 9.17) is 15.2 Å². The van der Waals surface area contributed by atoms with Crippen LogP contribution >= 0.6 is 0 Å². The molecule has 1 aromatic rings. The summed E-state index contributed by atoms with van der Waals surface area (Å²) in [5.41, 5.74) is 7.02. The molecule has 0 aliphatic carbocycles. The van der Waals surface area contributed by atoms with E-state index in [2.05, 4.69) is 13.0 Å². The predicted molar refractivity (Wildman–Crippen MR) is 64.1 cm³/mol. The van der Waals surface area contributed by atoms with Crippen molar-refractivity contribution in [1.82, 2.24) is 0 Å². The summed E-state index contributed by atoms with van der Waals surface area (Å²) in [4.78, 5) is 0. The van der Waals surface area contributed by atoms with E-state index in [-0.39, 0.29) is 0 Å². The molecular weight excluding hydrogens is 202 g/mol. The van der Waals surface area contributed by atoms with Crippen LogP contribution in [0.25, 0.3) is 0 Å². The van der Waals surface area contributed by atoms with Crippen LogP contribution in [0.5, 0.6) is 11.5 Å². The van der Waals surface area contributed by atoms with Gasteiger partial charge < -0.3 is 15.2 Å². The molecule has 1 aliphatic rings. The van der Waals surface area contributed by atoms with E-state index in [1.807, 2.05) is 12.1 Å². The summed E-state index contributed by atoms with van der Waals surface area (Å²) in [6.45, 7) is 3.69. The van der Waals surface area contributed by atoms with Gasteiger partial charge in [0.05, 0.1) is 13.7 Å². The minimum Gasteiger partial charge on any atom is -0.497 e. The second-order valence-corrected chi connectivity index (χ2v) is 4.36. The van der Waals surface area contributed by atoms with Gasteiger partial charge in [-0.3, -0.25) is 0 Å². The SMILES string of the molecule is COc1ccc2c(c1)OCCC2C(C)CN. The Balaban J connectivity index is 2.32. The van der Waals surface area contributed by atoms with Crippen molar-refractivity contribution in [2.24, 2.45) is 11.7 Å². The Morgan fingerprint density at radius 2 is 2.38 bits per heavy atom. The molecule has 0 spiro atoms. The van der Waals surface area contributed by atoms with Gasteiger partial charge in [0.15, 0.2) is 0 Å². The lowest BCUT2D eigenvalue weighted by molar-refractivity contribution is 0.243. The first-order valence-corrected chi connectivity index (χ1v) is 5.77. The molecule has 0 saturated carbocycles. The van der Waals surface area contributed by atoms with E-state index in [9.17, 15) is 0 Å². The highest BCUT2D eigenvalue weighted by Crippen LogP contribution is 2.39. The number of fused-ring (bicyclic) bond motifs is 1. The van der Waals surface area contributed by atoms with Crippen molar-refractivity contribution in [1.29, 1.82) is 0 Å². The molecule has 88 valence electrons. The Morgan fingerprint density at radius 1 is 1.56 bits per heavy atom. The number of ether oxygens (including phenoxy) is 2. The number of hydrogen-bond donors (Lipinski definition) is 1. The van der Waals surface area contributed by atoms with Gasteiger partial charge in [-0.25, -0.2) is 0 Å². The molecule has 1 heterocycles. The third-order valence-corrected chi connectivity index (χ3v) is 3.37. The molecule has 0 amide bonds. The average molecular weight is 221 g/mol. The lowest BCUT2D eigenvalue weighted by Crippen LogP contribution is -2.24. The van der Waals surface area contributed by atoms with Crippen molar-refractivity contribution in [2.45, 2.75) is 19.3 Å². The monoisotopic (exact) mass is 221 g/mol. The summed E-state index contributed by atoms with van der Waals surface area (Å²) < 4.78 is 10.9. The predicted octanol–water partition coefficient (Wildman–Crippen LogP) is 2.16. The number of rotatable bonds is 3. The van der Waals surface area contributed by atoms with Crippen LogP contribution in [0.3, 0.4) is 0 Å². The first kappa shape index (κ1) is 11.3. The van der Waals surface area contributed by atoms with Crippen molar-refractivity contribution < 1.29 is 9.47 Å². The van der Waals surface area contributed by atoms with E-state index < -0.39 is 0 Å². The molecule has 1 aliphatic heterocycles. The van der Waals surface area contributed by atoms with Gasteiger partial charge in [0.1, 0.15) is 11.5 Å². The second-order valence-electron chi connectivity index (χ2n) is 4.36. The van der Waals surface area contributed by atoms with Crippen molar-refractivity contribution in [3.8, 4) is 11.5 Å². The molecule has 0 bridgehead atoms. The second kappa shape index (κ2) is 4.74. The van der Waals surface area contributed by atoms with Gasteiger partial charge in [-0.15, -0.1) is 0 Å². The Morgan fingerprint density at radius 3 is 3.06 bits per heavy atom. The van der Waals surface area contributed by atoms with Crippen molar-refractivity contribution in [2.75, 3.05) is 20.3 Å². The third kappa shape index (κ3) is 2.00. The molecule has 2 atom stereocenters. The van der Waals surface area contributed by atoms with Crippen LogP contribution in [0.2, 0.25) is 0 Å². The fourth-order valence-electron chi connectivity index (χ4n) is 2.28. The quantitative estimate of drug-likeness (QED) is 0.850. The van der Waals surface area contributed by atoms with Crippen LogP contribution in [0.4, 0.5) is 0 Å². The van der Waals surface area contributed by atoms with E-state index in [0.717, 1.165) is 31.1 Å². The van der Waals surface area contributed by atoms with Crippen LogP contribution in [0.1, 0.15) is 24.8 Å². The summed E-state index contributed by atoms with van der Waals surface area (Å²) in [6.07, 6.45) is 1.05. The zero-order valence-electron chi connectivity index (χ0n) is 9.90. The number of hydrogen-bond acceptors (Lipinski definition) is 3. The molecule has 2 unspecified atom stereocenters. The Kier molecular flexibility index (Phi) is 3.34. The van der Waals surface area contributed by atoms with E-state index in [0.29, 0.717) is 11.8 Å². The first-order chi connectivity index (χ1) is 7.76. The van der Waals surface area contributed by atoms with Crippen molar-refractivity contribution in [3.63, 3.8) is 0 Å². The highest BCUT2D eigenvalue weighted by Gasteiger charge is 2.25. The molecule has 0 saturated heterocycles. The van der Waals surface area contributed by atoms with E-state index in [1.54, 1.807) is 7.11 Å². The largest absolute Gasteiger partial charge is 0.497 e. The van der Waals surface area contributed by atoms with Crippen molar-refractivity contribution in [3.05, 3.63) is 23.8 Å². The van der Waals surface area contributed by atoms with Crippen LogP contribution in [-0.2, 0) is 0 Å². The molecule has 0 aromatic heterocycles. The Labute approximate surface area is 96.5 Å². The van der Waals surface area contributed by atoms with Gasteiger partial charge in [0, 0.05) is 6.07 Å². The molecule has 3 nitrogen and oxygen atoms in total. The van der Waals surface area contributed by atoms with E-state index in [1.165, 1.54) is 5.56 Å². The molecule has 2 rings (SSSR count). The summed E-state index contributed by atoms with van der Waals surface area (Å²) in [5.74, 6) is 2.81. The van der Waals surface area contributed by atoms with Crippen LogP contribution < -0.4 is 15.2 Å². The highest BCUT2D eigenvalue weighted by atomic mass is 16.5. The maximum atomic E-state index is 5.75. The van der Waals surface area contributed by atoms with Gasteiger partial charge >= 0.3 is 0 Å². The minimum absolute atomic E-state index is 0.496. The molecule has 0 fully saturated rings. The number of nitrogens with two attached hydrogens (primary N) is 1. The smallest absolute Gasteiger partial charge is 0.126 e. The van der Waals surface area contributed by atoms with Gasteiger partial charge in [-0.2, -0.15) is 0 Å². The van der Waals surface area contributed by atoms with E-state index >= 15 is 0 Å². The molecular formula is C13H19NO2. The van der Waals surface area contributed by atoms with Gasteiger partial charge in [-0.1, -0.05) is 13.0 Å². The summed E-state index contributed by atoms with van der Waals surface area (Å²) in [5, 5.41) is 0. The van der Waals surface area contributed by atoms with Gasteiger partial charge in [-0.05, 0) is 36.4 Å². The van der Waals surface area contributed by atoms with Gasteiger partial charge in [0.2, 0.25) is 0 Å².